The minimum atomic E-state index is -1.03. The standard InChI is InChI=1S/C19H18F2N6O2/c20-14-6-5-12(8-15(14)21)19(28)26-7-1-2-13(9-26)27-10-16(23-25-27)18-22-17(24-29-18)11-3-4-11/h5-6,8,10-11,13H,1-4,7,9H2/t13-/m1/s1. The molecule has 0 unspecified atom stereocenters. The first-order valence-corrected chi connectivity index (χ1v) is 9.58. The van der Waals surface area contributed by atoms with Crippen molar-refractivity contribution in [3.8, 4) is 11.6 Å². The number of aromatic nitrogens is 5. The van der Waals surface area contributed by atoms with Gasteiger partial charge in [0.05, 0.1) is 12.2 Å². The lowest BCUT2D eigenvalue weighted by molar-refractivity contribution is 0.0671. The number of amides is 1. The molecule has 0 N–H and O–H groups in total. The van der Waals surface area contributed by atoms with E-state index in [0.29, 0.717) is 36.4 Å². The number of hydrogen-bond acceptors (Lipinski definition) is 6. The Morgan fingerprint density at radius 2 is 2.03 bits per heavy atom. The second-order valence-electron chi connectivity index (χ2n) is 7.49. The number of carbonyl (C=O) groups is 1. The van der Waals surface area contributed by atoms with E-state index in [9.17, 15) is 13.6 Å². The fourth-order valence-electron chi connectivity index (χ4n) is 3.57. The number of nitrogens with zero attached hydrogens (tertiary/aromatic N) is 6. The minimum Gasteiger partial charge on any atom is -0.336 e. The van der Waals surface area contributed by atoms with Crippen LogP contribution in [0.2, 0.25) is 0 Å². The summed E-state index contributed by atoms with van der Waals surface area (Å²) >= 11 is 0. The lowest BCUT2D eigenvalue weighted by atomic mass is 10.0. The summed E-state index contributed by atoms with van der Waals surface area (Å²) in [5.74, 6) is -0.912. The molecule has 150 valence electrons. The van der Waals surface area contributed by atoms with Gasteiger partial charge in [0.25, 0.3) is 11.8 Å². The van der Waals surface area contributed by atoms with Gasteiger partial charge in [0.2, 0.25) is 0 Å². The van der Waals surface area contributed by atoms with Gasteiger partial charge in [0.15, 0.2) is 23.2 Å². The van der Waals surface area contributed by atoms with Crippen LogP contribution in [0.4, 0.5) is 8.78 Å². The average Bonchev–Trinajstić information content (AvgIpc) is 3.26. The van der Waals surface area contributed by atoms with Gasteiger partial charge in [-0.3, -0.25) is 4.79 Å². The van der Waals surface area contributed by atoms with Crippen molar-refractivity contribution in [2.24, 2.45) is 0 Å². The molecule has 1 saturated carbocycles. The molecule has 3 aromatic rings. The molecule has 1 aromatic carbocycles. The van der Waals surface area contributed by atoms with Crippen molar-refractivity contribution in [3.05, 3.63) is 47.4 Å². The monoisotopic (exact) mass is 400 g/mol. The number of carbonyl (C=O) groups excluding carboxylic acids is 1. The number of piperidine rings is 1. The van der Waals surface area contributed by atoms with Gasteiger partial charge in [-0.1, -0.05) is 10.4 Å². The van der Waals surface area contributed by atoms with Crippen molar-refractivity contribution in [2.45, 2.75) is 37.6 Å². The van der Waals surface area contributed by atoms with Gasteiger partial charge in [-0.2, -0.15) is 4.98 Å². The molecule has 3 heterocycles. The summed E-state index contributed by atoms with van der Waals surface area (Å²) in [5.41, 5.74) is 0.621. The summed E-state index contributed by atoms with van der Waals surface area (Å²) in [4.78, 5) is 18.7. The molecule has 0 spiro atoms. The Balaban J connectivity index is 1.30. The second kappa shape index (κ2) is 7.02. The molecule has 1 saturated heterocycles. The topological polar surface area (TPSA) is 89.9 Å². The molecule has 8 nitrogen and oxygen atoms in total. The Bertz CT molecular complexity index is 1060. The summed E-state index contributed by atoms with van der Waals surface area (Å²) in [6.07, 6.45) is 5.48. The Labute approximate surface area is 164 Å². The molecule has 0 bridgehead atoms. The molecular formula is C19H18F2N6O2. The predicted molar refractivity (Wildman–Crippen MR) is 95.8 cm³/mol. The summed E-state index contributed by atoms with van der Waals surface area (Å²) < 4.78 is 33.6. The Morgan fingerprint density at radius 1 is 1.17 bits per heavy atom. The third kappa shape index (κ3) is 3.50. The Morgan fingerprint density at radius 3 is 2.83 bits per heavy atom. The quantitative estimate of drug-likeness (QED) is 0.669. The van der Waals surface area contributed by atoms with Crippen LogP contribution in [-0.2, 0) is 0 Å². The van der Waals surface area contributed by atoms with Crippen LogP contribution >= 0.6 is 0 Å². The van der Waals surface area contributed by atoms with Gasteiger partial charge in [-0.05, 0) is 43.9 Å². The number of rotatable bonds is 4. The molecule has 29 heavy (non-hydrogen) atoms. The van der Waals surface area contributed by atoms with Gasteiger partial charge in [-0.15, -0.1) is 5.10 Å². The van der Waals surface area contributed by atoms with Crippen molar-refractivity contribution >= 4 is 5.91 Å². The number of hydrogen-bond donors (Lipinski definition) is 0. The van der Waals surface area contributed by atoms with E-state index >= 15 is 0 Å². The fourth-order valence-corrected chi connectivity index (χ4v) is 3.57. The van der Waals surface area contributed by atoms with Crippen molar-refractivity contribution < 1.29 is 18.1 Å². The number of benzene rings is 1. The molecule has 1 aliphatic heterocycles. The lowest BCUT2D eigenvalue weighted by Crippen LogP contribution is -2.40. The van der Waals surface area contributed by atoms with Gasteiger partial charge in [0, 0.05) is 24.6 Å². The molecule has 1 aliphatic carbocycles. The highest BCUT2D eigenvalue weighted by Gasteiger charge is 2.30. The molecule has 1 atom stereocenters. The normalized spacial score (nSPS) is 19.5. The van der Waals surface area contributed by atoms with Crippen molar-refractivity contribution in [1.82, 2.24) is 30.0 Å². The highest BCUT2D eigenvalue weighted by molar-refractivity contribution is 5.94. The summed E-state index contributed by atoms with van der Waals surface area (Å²) in [7, 11) is 0. The van der Waals surface area contributed by atoms with Gasteiger partial charge >= 0.3 is 0 Å². The molecule has 1 amide bonds. The Hall–Kier alpha value is -3.17. The maximum Gasteiger partial charge on any atom is 0.280 e. The van der Waals surface area contributed by atoms with Crippen molar-refractivity contribution in [3.63, 3.8) is 0 Å². The van der Waals surface area contributed by atoms with Crippen LogP contribution in [0, 0.1) is 11.6 Å². The van der Waals surface area contributed by atoms with E-state index in [-0.39, 0.29) is 17.5 Å². The molecule has 10 heteroatoms. The van der Waals surface area contributed by atoms with Crippen molar-refractivity contribution in [2.75, 3.05) is 13.1 Å². The van der Waals surface area contributed by atoms with Crippen LogP contribution < -0.4 is 0 Å². The van der Waals surface area contributed by atoms with Crippen LogP contribution in [0.5, 0.6) is 0 Å². The zero-order valence-electron chi connectivity index (χ0n) is 15.5. The highest BCUT2D eigenvalue weighted by atomic mass is 19.2. The lowest BCUT2D eigenvalue weighted by Gasteiger charge is -2.32. The third-order valence-electron chi connectivity index (χ3n) is 5.34. The first-order valence-electron chi connectivity index (χ1n) is 9.58. The smallest absolute Gasteiger partial charge is 0.280 e. The number of halogens is 2. The van der Waals surface area contributed by atoms with E-state index in [0.717, 1.165) is 37.8 Å². The summed E-state index contributed by atoms with van der Waals surface area (Å²) in [6.45, 7) is 0.947. The van der Waals surface area contributed by atoms with Crippen LogP contribution in [0.25, 0.3) is 11.6 Å². The molecule has 2 aliphatic rings. The SMILES string of the molecule is O=C(c1ccc(F)c(F)c1)N1CCC[C@@H](n2cc(-c3nc(C4CC4)no3)nn2)C1. The second-order valence-corrected chi connectivity index (χ2v) is 7.49. The third-order valence-corrected chi connectivity index (χ3v) is 5.34. The zero-order chi connectivity index (χ0) is 20.0. The molecule has 5 rings (SSSR count). The average molecular weight is 400 g/mol. The maximum atomic E-state index is 13.5. The first-order chi connectivity index (χ1) is 14.1. The van der Waals surface area contributed by atoms with Crippen molar-refractivity contribution in [1.29, 1.82) is 0 Å². The van der Waals surface area contributed by atoms with E-state index in [4.69, 9.17) is 4.52 Å². The fraction of sp³-hybridized carbons (Fsp3) is 0.421. The highest BCUT2D eigenvalue weighted by Crippen LogP contribution is 2.38. The minimum absolute atomic E-state index is 0.0786. The summed E-state index contributed by atoms with van der Waals surface area (Å²) in [5, 5.41) is 12.3. The summed E-state index contributed by atoms with van der Waals surface area (Å²) in [6, 6.07) is 3.12. The van der Waals surface area contributed by atoms with Crippen LogP contribution in [0.1, 0.15) is 53.8 Å². The van der Waals surface area contributed by atoms with Crippen LogP contribution in [0.15, 0.2) is 28.9 Å². The number of likely N-dealkylation sites (tertiary alicyclic amines) is 1. The largest absolute Gasteiger partial charge is 0.336 e. The van der Waals surface area contributed by atoms with E-state index in [1.165, 1.54) is 6.07 Å². The van der Waals surface area contributed by atoms with E-state index in [1.54, 1.807) is 15.8 Å². The van der Waals surface area contributed by atoms with E-state index < -0.39 is 11.6 Å². The van der Waals surface area contributed by atoms with Gasteiger partial charge in [-0.25, -0.2) is 13.5 Å². The van der Waals surface area contributed by atoms with E-state index in [2.05, 4.69) is 20.5 Å². The molecule has 0 radical (unpaired) electrons. The predicted octanol–water partition coefficient (Wildman–Crippen LogP) is 2.96. The zero-order valence-corrected chi connectivity index (χ0v) is 15.5. The van der Waals surface area contributed by atoms with Gasteiger partial charge < -0.3 is 9.42 Å². The van der Waals surface area contributed by atoms with E-state index in [1.807, 2.05) is 0 Å². The van der Waals surface area contributed by atoms with Crippen LogP contribution in [0.3, 0.4) is 0 Å². The molecule has 2 aromatic heterocycles. The molecular weight excluding hydrogens is 382 g/mol. The first kappa shape index (κ1) is 17.9. The van der Waals surface area contributed by atoms with Crippen LogP contribution in [-0.4, -0.2) is 49.0 Å². The molecule has 2 fully saturated rings. The van der Waals surface area contributed by atoms with Gasteiger partial charge in [0.1, 0.15) is 0 Å². The maximum absolute atomic E-state index is 13.5. The Kier molecular flexibility index (Phi) is 4.33.